The molecule has 3 aromatic rings. The SMILES string of the molecule is CCc1ccc(/C(O)=C2/C(=O)C(=O)N(Cc3cccs3)C2c2cccnc2)cc1. The number of pyridine rings is 1. The van der Waals surface area contributed by atoms with Gasteiger partial charge >= 0.3 is 0 Å². The van der Waals surface area contributed by atoms with Crippen molar-refractivity contribution in [2.45, 2.75) is 25.9 Å². The highest BCUT2D eigenvalue weighted by atomic mass is 32.1. The maximum absolute atomic E-state index is 12.9. The minimum absolute atomic E-state index is 0.101. The number of aromatic nitrogens is 1. The molecular formula is C23H20N2O3S. The van der Waals surface area contributed by atoms with Gasteiger partial charge in [0.05, 0.1) is 18.2 Å². The van der Waals surface area contributed by atoms with Gasteiger partial charge < -0.3 is 10.0 Å². The number of benzene rings is 1. The fourth-order valence-electron chi connectivity index (χ4n) is 3.55. The lowest BCUT2D eigenvalue weighted by Crippen LogP contribution is -2.28. The highest BCUT2D eigenvalue weighted by Gasteiger charge is 2.46. The Hall–Kier alpha value is -3.25. The molecule has 1 aliphatic heterocycles. The van der Waals surface area contributed by atoms with Crippen LogP contribution in [0.4, 0.5) is 0 Å². The molecule has 1 amide bonds. The molecule has 0 radical (unpaired) electrons. The zero-order chi connectivity index (χ0) is 20.4. The van der Waals surface area contributed by atoms with Crippen LogP contribution in [0.2, 0.25) is 0 Å². The monoisotopic (exact) mass is 404 g/mol. The van der Waals surface area contributed by atoms with Crippen molar-refractivity contribution in [3.63, 3.8) is 0 Å². The van der Waals surface area contributed by atoms with E-state index < -0.39 is 17.7 Å². The second kappa shape index (κ2) is 8.01. The Kier molecular flexibility index (Phi) is 5.27. The summed E-state index contributed by atoms with van der Waals surface area (Å²) in [5.74, 6) is -1.44. The summed E-state index contributed by atoms with van der Waals surface area (Å²) in [5.41, 5.74) is 2.44. The second-order valence-electron chi connectivity index (χ2n) is 6.84. The lowest BCUT2D eigenvalue weighted by atomic mass is 9.96. The highest BCUT2D eigenvalue weighted by Crippen LogP contribution is 2.40. The van der Waals surface area contributed by atoms with E-state index in [0.29, 0.717) is 17.7 Å². The number of aliphatic hydroxyl groups is 1. The smallest absolute Gasteiger partial charge is 0.295 e. The lowest BCUT2D eigenvalue weighted by Gasteiger charge is -2.24. The van der Waals surface area contributed by atoms with Crippen LogP contribution in [0.3, 0.4) is 0 Å². The van der Waals surface area contributed by atoms with Gasteiger partial charge in [0.2, 0.25) is 0 Å². The summed E-state index contributed by atoms with van der Waals surface area (Å²) < 4.78 is 0. The van der Waals surface area contributed by atoms with Gasteiger partial charge in [-0.3, -0.25) is 14.6 Å². The first kappa shape index (κ1) is 19.1. The van der Waals surface area contributed by atoms with E-state index >= 15 is 0 Å². The summed E-state index contributed by atoms with van der Waals surface area (Å²) in [7, 11) is 0. The Morgan fingerprint density at radius 1 is 1.14 bits per heavy atom. The van der Waals surface area contributed by atoms with Gasteiger partial charge in [-0.1, -0.05) is 43.3 Å². The van der Waals surface area contributed by atoms with Crippen molar-refractivity contribution in [2.75, 3.05) is 0 Å². The van der Waals surface area contributed by atoms with Crippen molar-refractivity contribution in [2.24, 2.45) is 0 Å². The molecule has 1 unspecified atom stereocenters. The van der Waals surface area contributed by atoms with Crippen LogP contribution in [0.5, 0.6) is 0 Å². The quantitative estimate of drug-likeness (QED) is 0.390. The first-order chi connectivity index (χ1) is 14.1. The number of aliphatic hydroxyl groups excluding tert-OH is 1. The standard InChI is InChI=1S/C23H20N2O3S/c1-2-15-7-9-16(10-8-15)21(26)19-20(17-5-3-11-24-13-17)25(23(28)22(19)27)14-18-6-4-12-29-18/h3-13,20,26H,2,14H2,1H3/b21-19-. The summed E-state index contributed by atoms with van der Waals surface area (Å²) in [6.07, 6.45) is 4.14. The Morgan fingerprint density at radius 3 is 2.55 bits per heavy atom. The van der Waals surface area contributed by atoms with Crippen LogP contribution in [-0.2, 0) is 22.6 Å². The number of hydrogen-bond donors (Lipinski definition) is 1. The Bertz CT molecular complexity index is 1060. The number of Topliss-reactive ketones (excluding diaryl/α,β-unsaturated/α-hetero) is 1. The minimum Gasteiger partial charge on any atom is -0.507 e. The van der Waals surface area contributed by atoms with Crippen molar-refractivity contribution >= 4 is 28.8 Å². The lowest BCUT2D eigenvalue weighted by molar-refractivity contribution is -0.140. The third kappa shape index (κ3) is 3.59. The normalized spacial score (nSPS) is 18.4. The van der Waals surface area contributed by atoms with Gasteiger partial charge in [0.15, 0.2) is 0 Å². The largest absolute Gasteiger partial charge is 0.507 e. The summed E-state index contributed by atoms with van der Waals surface area (Å²) >= 11 is 1.52. The van der Waals surface area contributed by atoms with Crippen molar-refractivity contribution in [1.29, 1.82) is 0 Å². The molecule has 2 aromatic heterocycles. The number of carbonyl (C=O) groups excluding carboxylic acids is 2. The van der Waals surface area contributed by atoms with E-state index in [0.717, 1.165) is 16.9 Å². The Labute approximate surface area is 173 Å². The van der Waals surface area contributed by atoms with Gasteiger partial charge in [0.1, 0.15) is 5.76 Å². The zero-order valence-corrected chi connectivity index (χ0v) is 16.7. The van der Waals surface area contributed by atoms with E-state index in [1.165, 1.54) is 16.2 Å². The molecule has 1 aliphatic rings. The van der Waals surface area contributed by atoms with E-state index in [2.05, 4.69) is 4.98 Å². The van der Waals surface area contributed by atoms with Gasteiger partial charge in [0, 0.05) is 22.8 Å². The maximum Gasteiger partial charge on any atom is 0.295 e. The molecular weight excluding hydrogens is 384 g/mol. The number of hydrogen-bond acceptors (Lipinski definition) is 5. The number of ketones is 1. The first-order valence-electron chi connectivity index (χ1n) is 9.40. The molecule has 1 N–H and O–H groups in total. The number of amides is 1. The molecule has 1 fully saturated rings. The first-order valence-corrected chi connectivity index (χ1v) is 10.3. The van der Waals surface area contributed by atoms with Crippen LogP contribution in [0, 0.1) is 0 Å². The fourth-order valence-corrected chi connectivity index (χ4v) is 4.25. The van der Waals surface area contributed by atoms with Crippen LogP contribution in [0.1, 0.15) is 34.5 Å². The number of nitrogens with zero attached hydrogens (tertiary/aromatic N) is 2. The van der Waals surface area contributed by atoms with Crippen molar-refractivity contribution in [3.05, 3.63) is 93.4 Å². The average Bonchev–Trinajstić information content (AvgIpc) is 3.36. The second-order valence-corrected chi connectivity index (χ2v) is 7.88. The summed E-state index contributed by atoms with van der Waals surface area (Å²) in [4.78, 5) is 32.4. The molecule has 1 aromatic carbocycles. The Balaban J connectivity index is 1.83. The maximum atomic E-state index is 12.9. The van der Waals surface area contributed by atoms with Crippen molar-refractivity contribution in [3.8, 4) is 0 Å². The molecule has 1 saturated heterocycles. The fraction of sp³-hybridized carbons (Fsp3) is 0.174. The molecule has 3 heterocycles. The van der Waals surface area contributed by atoms with Gasteiger partial charge in [-0.05, 0) is 35.1 Å². The van der Waals surface area contributed by atoms with Crippen molar-refractivity contribution < 1.29 is 14.7 Å². The molecule has 6 heteroatoms. The van der Waals surface area contributed by atoms with Crippen LogP contribution in [0.25, 0.3) is 5.76 Å². The molecule has 4 rings (SSSR count). The highest BCUT2D eigenvalue weighted by molar-refractivity contribution is 7.09. The molecule has 146 valence electrons. The van der Waals surface area contributed by atoms with E-state index in [-0.39, 0.29) is 11.3 Å². The van der Waals surface area contributed by atoms with Gasteiger partial charge in [-0.15, -0.1) is 11.3 Å². The number of thiophene rings is 1. The van der Waals surface area contributed by atoms with E-state index in [1.54, 1.807) is 30.6 Å². The predicted molar refractivity (Wildman–Crippen MR) is 112 cm³/mol. The Morgan fingerprint density at radius 2 is 1.93 bits per heavy atom. The number of aryl methyl sites for hydroxylation is 1. The van der Waals surface area contributed by atoms with Crippen LogP contribution < -0.4 is 0 Å². The minimum atomic E-state index is -0.684. The molecule has 0 aliphatic carbocycles. The topological polar surface area (TPSA) is 70.5 Å². The molecule has 1 atom stereocenters. The van der Waals surface area contributed by atoms with Crippen LogP contribution in [-0.4, -0.2) is 26.7 Å². The van der Waals surface area contributed by atoms with E-state index in [4.69, 9.17) is 0 Å². The van der Waals surface area contributed by atoms with Gasteiger partial charge in [-0.25, -0.2) is 0 Å². The van der Waals surface area contributed by atoms with Gasteiger partial charge in [0.25, 0.3) is 11.7 Å². The van der Waals surface area contributed by atoms with E-state index in [9.17, 15) is 14.7 Å². The predicted octanol–water partition coefficient (Wildman–Crippen LogP) is 4.33. The summed E-state index contributed by atoms with van der Waals surface area (Å²) in [6.45, 7) is 2.35. The van der Waals surface area contributed by atoms with E-state index in [1.807, 2.05) is 42.6 Å². The van der Waals surface area contributed by atoms with Crippen LogP contribution >= 0.6 is 11.3 Å². The average molecular weight is 404 g/mol. The summed E-state index contributed by atoms with van der Waals surface area (Å²) in [5, 5.41) is 12.9. The molecule has 0 saturated carbocycles. The number of likely N-dealkylation sites (tertiary alicyclic amines) is 1. The zero-order valence-electron chi connectivity index (χ0n) is 15.9. The number of rotatable bonds is 5. The number of carbonyl (C=O) groups is 2. The van der Waals surface area contributed by atoms with Crippen molar-refractivity contribution in [1.82, 2.24) is 9.88 Å². The molecule has 0 spiro atoms. The molecule has 0 bridgehead atoms. The molecule has 5 nitrogen and oxygen atoms in total. The summed E-state index contributed by atoms with van der Waals surface area (Å²) in [6, 6.07) is 14.1. The molecule has 29 heavy (non-hydrogen) atoms. The van der Waals surface area contributed by atoms with Crippen LogP contribution in [0.15, 0.2) is 71.9 Å². The van der Waals surface area contributed by atoms with Gasteiger partial charge in [-0.2, -0.15) is 0 Å². The third-order valence-electron chi connectivity index (χ3n) is 5.08. The third-order valence-corrected chi connectivity index (χ3v) is 5.94.